The fraction of sp³-hybridized carbons (Fsp3) is 0.333. The molecule has 0 spiro atoms. The molecule has 13 heteroatoms. The van der Waals surface area contributed by atoms with E-state index in [1.165, 1.54) is 23.5 Å². The molecule has 1 aromatic heterocycles. The highest BCUT2D eigenvalue weighted by Crippen LogP contribution is 2.24. The number of imide groups is 1. The smallest absolute Gasteiger partial charge is 0.346 e. The van der Waals surface area contributed by atoms with E-state index >= 15 is 0 Å². The summed E-state index contributed by atoms with van der Waals surface area (Å²) in [6.07, 6.45) is 1.03. The number of aromatic nitrogens is 1. The zero-order valence-corrected chi connectivity index (χ0v) is 18.1. The van der Waals surface area contributed by atoms with Crippen molar-refractivity contribution in [2.75, 3.05) is 17.8 Å². The normalized spacial score (nSPS) is 15.4. The maximum Gasteiger partial charge on any atom is 0.357 e. The van der Waals surface area contributed by atoms with Crippen molar-refractivity contribution in [3.8, 4) is 0 Å². The van der Waals surface area contributed by atoms with Gasteiger partial charge in [0.1, 0.15) is 5.01 Å². The SMILES string of the molecule is CCc1csc([C@H](Cc2ccc(NS(=O)(=O)O)cc2)NC(=O)N2CCNC(=O)C2=O)n1. The Morgan fingerprint density at radius 1 is 1.32 bits per heavy atom. The summed E-state index contributed by atoms with van der Waals surface area (Å²) < 4.78 is 32.7. The van der Waals surface area contributed by atoms with Crippen molar-refractivity contribution in [2.24, 2.45) is 0 Å². The molecular weight excluding hydrogens is 446 g/mol. The van der Waals surface area contributed by atoms with Gasteiger partial charge < -0.3 is 10.6 Å². The highest BCUT2D eigenvalue weighted by atomic mass is 32.2. The highest BCUT2D eigenvalue weighted by molar-refractivity contribution is 7.87. The van der Waals surface area contributed by atoms with Crippen molar-refractivity contribution in [2.45, 2.75) is 25.8 Å². The van der Waals surface area contributed by atoms with Crippen molar-refractivity contribution < 1.29 is 27.4 Å². The average Bonchev–Trinajstić information content (AvgIpc) is 3.19. The van der Waals surface area contributed by atoms with Crippen LogP contribution >= 0.6 is 11.3 Å². The quantitative estimate of drug-likeness (QED) is 0.347. The minimum Gasteiger partial charge on any atom is -0.346 e. The van der Waals surface area contributed by atoms with Crippen LogP contribution in [0.4, 0.5) is 10.5 Å². The molecule has 2 aromatic rings. The molecule has 1 fully saturated rings. The summed E-state index contributed by atoms with van der Waals surface area (Å²) in [5.74, 6) is -1.75. The lowest BCUT2D eigenvalue weighted by Crippen LogP contribution is -2.57. The Kier molecular flexibility index (Phi) is 6.87. The fourth-order valence-corrected chi connectivity index (χ4v) is 4.33. The molecule has 1 atom stereocenters. The van der Waals surface area contributed by atoms with Crippen LogP contribution in [0.2, 0.25) is 0 Å². The van der Waals surface area contributed by atoms with E-state index < -0.39 is 34.2 Å². The van der Waals surface area contributed by atoms with E-state index in [2.05, 4.69) is 15.6 Å². The second-order valence-electron chi connectivity index (χ2n) is 6.72. The minimum absolute atomic E-state index is 0.0667. The maximum absolute atomic E-state index is 12.7. The number of nitrogens with zero attached hydrogens (tertiary/aromatic N) is 2. The molecule has 1 saturated heterocycles. The molecule has 11 nitrogen and oxygen atoms in total. The number of anilines is 1. The lowest BCUT2D eigenvalue weighted by Gasteiger charge is -2.27. The third-order valence-electron chi connectivity index (χ3n) is 4.47. The molecule has 166 valence electrons. The van der Waals surface area contributed by atoms with Gasteiger partial charge in [-0.05, 0) is 30.5 Å². The summed E-state index contributed by atoms with van der Waals surface area (Å²) in [5, 5.41) is 7.68. The molecule has 2 heterocycles. The Morgan fingerprint density at radius 3 is 2.65 bits per heavy atom. The number of benzene rings is 1. The van der Waals surface area contributed by atoms with E-state index in [1.54, 1.807) is 12.1 Å². The van der Waals surface area contributed by atoms with Gasteiger partial charge in [0, 0.05) is 18.5 Å². The fourth-order valence-electron chi connectivity index (χ4n) is 2.94. The van der Waals surface area contributed by atoms with Crippen LogP contribution in [0.5, 0.6) is 0 Å². The number of thiazole rings is 1. The first-order valence-electron chi connectivity index (χ1n) is 9.35. The Morgan fingerprint density at radius 2 is 2.03 bits per heavy atom. The summed E-state index contributed by atoms with van der Waals surface area (Å²) in [5.41, 5.74) is 1.79. The van der Waals surface area contributed by atoms with Crippen LogP contribution in [0, 0.1) is 0 Å². The van der Waals surface area contributed by atoms with Crippen LogP contribution in [0.3, 0.4) is 0 Å². The van der Waals surface area contributed by atoms with Crippen molar-refractivity contribution >= 4 is 45.2 Å². The lowest BCUT2D eigenvalue weighted by molar-refractivity contribution is -0.145. The van der Waals surface area contributed by atoms with Gasteiger partial charge in [-0.3, -0.25) is 23.8 Å². The molecule has 4 N–H and O–H groups in total. The van der Waals surface area contributed by atoms with Crippen molar-refractivity contribution in [3.05, 3.63) is 45.9 Å². The zero-order valence-electron chi connectivity index (χ0n) is 16.5. The number of carbonyl (C=O) groups excluding carboxylic acids is 3. The Balaban J connectivity index is 1.79. The first kappa shape index (κ1) is 22.7. The number of hydrogen-bond acceptors (Lipinski definition) is 7. The van der Waals surface area contributed by atoms with Gasteiger partial charge in [-0.15, -0.1) is 11.3 Å². The number of rotatable bonds is 7. The van der Waals surface area contributed by atoms with E-state index in [0.29, 0.717) is 11.4 Å². The van der Waals surface area contributed by atoms with Gasteiger partial charge in [0.25, 0.3) is 0 Å². The number of urea groups is 1. The molecule has 1 aliphatic rings. The van der Waals surface area contributed by atoms with Crippen LogP contribution in [0.15, 0.2) is 29.6 Å². The molecule has 0 saturated carbocycles. The molecule has 0 unspecified atom stereocenters. The van der Waals surface area contributed by atoms with Crippen molar-refractivity contribution in [3.63, 3.8) is 0 Å². The summed E-state index contributed by atoms with van der Waals surface area (Å²) in [7, 11) is -4.38. The summed E-state index contributed by atoms with van der Waals surface area (Å²) in [6, 6.07) is 4.96. The van der Waals surface area contributed by atoms with Crippen molar-refractivity contribution in [1.82, 2.24) is 20.5 Å². The van der Waals surface area contributed by atoms with Gasteiger partial charge in [-0.2, -0.15) is 8.42 Å². The second kappa shape index (κ2) is 9.41. The predicted octanol–water partition coefficient (Wildman–Crippen LogP) is 0.872. The Hall–Kier alpha value is -3.03. The standard InChI is InChI=1S/C18H21N5O6S2/c1-2-12-10-30-16(20-12)14(21-18(26)23-8-7-19-15(24)17(23)25)9-11-3-5-13(6-4-11)22-31(27,28)29/h3-6,10,14,22H,2,7-9H2,1H3,(H,19,24)(H,21,26)(H,27,28,29)/t14-/m0/s1. The van der Waals surface area contributed by atoms with E-state index in [1.807, 2.05) is 17.0 Å². The minimum atomic E-state index is -4.38. The Bertz CT molecular complexity index is 1080. The summed E-state index contributed by atoms with van der Waals surface area (Å²) in [4.78, 5) is 41.7. The monoisotopic (exact) mass is 467 g/mol. The van der Waals surface area contributed by atoms with Crippen LogP contribution < -0.4 is 15.4 Å². The molecule has 1 aromatic carbocycles. The van der Waals surface area contributed by atoms with E-state index in [-0.39, 0.29) is 18.8 Å². The summed E-state index contributed by atoms with van der Waals surface area (Å²) >= 11 is 1.37. The second-order valence-corrected chi connectivity index (χ2v) is 8.77. The Labute approximate surface area is 182 Å². The number of aryl methyl sites for hydroxylation is 1. The number of carbonyl (C=O) groups is 3. The van der Waals surface area contributed by atoms with Crippen LogP contribution in [0.1, 0.15) is 29.2 Å². The number of amides is 4. The first-order chi connectivity index (χ1) is 14.7. The van der Waals surface area contributed by atoms with Gasteiger partial charge in [0.05, 0.1) is 17.4 Å². The van der Waals surface area contributed by atoms with Gasteiger partial charge in [-0.25, -0.2) is 9.78 Å². The third-order valence-corrected chi connectivity index (χ3v) is 5.97. The number of piperazine rings is 1. The van der Waals surface area contributed by atoms with Gasteiger partial charge >= 0.3 is 28.1 Å². The predicted molar refractivity (Wildman–Crippen MR) is 113 cm³/mol. The number of nitrogens with one attached hydrogen (secondary N) is 3. The molecule has 3 rings (SSSR count). The lowest BCUT2D eigenvalue weighted by atomic mass is 10.1. The van der Waals surface area contributed by atoms with E-state index in [9.17, 15) is 22.8 Å². The van der Waals surface area contributed by atoms with Gasteiger partial charge in [0.15, 0.2) is 0 Å². The number of hydrogen-bond donors (Lipinski definition) is 4. The molecule has 31 heavy (non-hydrogen) atoms. The maximum atomic E-state index is 12.7. The molecule has 1 aliphatic heterocycles. The first-order valence-corrected chi connectivity index (χ1v) is 11.7. The zero-order chi connectivity index (χ0) is 22.6. The molecule has 0 aliphatic carbocycles. The summed E-state index contributed by atoms with van der Waals surface area (Å²) in [6.45, 7) is 2.21. The van der Waals surface area contributed by atoms with Crippen molar-refractivity contribution in [1.29, 1.82) is 0 Å². The largest absolute Gasteiger partial charge is 0.357 e. The molecular formula is C18H21N5O6S2. The van der Waals surface area contributed by atoms with Gasteiger partial charge in [-0.1, -0.05) is 19.1 Å². The molecule has 0 radical (unpaired) electrons. The van der Waals surface area contributed by atoms with E-state index in [4.69, 9.17) is 4.55 Å². The van der Waals surface area contributed by atoms with Crippen LogP contribution in [0.25, 0.3) is 0 Å². The average molecular weight is 468 g/mol. The highest BCUT2D eigenvalue weighted by Gasteiger charge is 2.32. The third kappa shape index (κ3) is 5.99. The van der Waals surface area contributed by atoms with Gasteiger partial charge in [0.2, 0.25) is 0 Å². The molecule has 0 bridgehead atoms. The van der Waals surface area contributed by atoms with Crippen LogP contribution in [-0.4, -0.2) is 53.8 Å². The van der Waals surface area contributed by atoms with E-state index in [0.717, 1.165) is 22.6 Å². The van der Waals surface area contributed by atoms with Crippen LogP contribution in [-0.2, 0) is 32.7 Å². The topological polar surface area (TPSA) is 158 Å². The molecule has 4 amide bonds.